The molecule has 0 radical (unpaired) electrons. The van der Waals surface area contributed by atoms with Crippen LogP contribution < -0.4 is 0 Å². The highest BCUT2D eigenvalue weighted by molar-refractivity contribution is 5.72. The maximum Gasteiger partial charge on any atom is 0.309 e. The van der Waals surface area contributed by atoms with Crippen LogP contribution in [0.25, 0.3) is 0 Å². The highest BCUT2D eigenvalue weighted by Crippen LogP contribution is 2.30. The van der Waals surface area contributed by atoms with Gasteiger partial charge in [-0.2, -0.15) is 0 Å². The van der Waals surface area contributed by atoms with Crippen molar-refractivity contribution in [3.8, 4) is 0 Å². The second-order valence-electron chi connectivity index (χ2n) is 7.15. The highest BCUT2D eigenvalue weighted by atomic mass is 16.5. The fraction of sp³-hybridized carbons (Fsp3) is 0.682. The van der Waals surface area contributed by atoms with Crippen molar-refractivity contribution in [1.29, 1.82) is 0 Å². The number of carbonyl (C=O) groups excluding carboxylic acids is 1. The summed E-state index contributed by atoms with van der Waals surface area (Å²) in [5, 5.41) is 0. The third-order valence-corrected chi connectivity index (χ3v) is 5.16. The number of carbonyl (C=O) groups is 1. The van der Waals surface area contributed by atoms with Gasteiger partial charge in [0.25, 0.3) is 0 Å². The van der Waals surface area contributed by atoms with E-state index in [-0.39, 0.29) is 18.0 Å². The molecule has 1 fully saturated rings. The number of unbranched alkanes of at least 4 members (excludes halogenated alkanes) is 3. The Balaban J connectivity index is 1.70. The van der Waals surface area contributed by atoms with Crippen LogP contribution in [0.15, 0.2) is 30.3 Å². The summed E-state index contributed by atoms with van der Waals surface area (Å²) in [6.45, 7) is 5.15. The molecular formula is C22H34O3. The van der Waals surface area contributed by atoms with Crippen LogP contribution in [0.2, 0.25) is 0 Å². The summed E-state index contributed by atoms with van der Waals surface area (Å²) >= 11 is 0. The van der Waals surface area contributed by atoms with Crippen LogP contribution in [0.3, 0.4) is 0 Å². The first-order valence-corrected chi connectivity index (χ1v) is 10.1. The summed E-state index contributed by atoms with van der Waals surface area (Å²) in [7, 11) is 0. The van der Waals surface area contributed by atoms with Gasteiger partial charge in [0, 0.05) is 6.61 Å². The largest absolute Gasteiger partial charge is 0.457 e. The Morgan fingerprint density at radius 1 is 1.04 bits per heavy atom. The minimum absolute atomic E-state index is 0.0305. The molecule has 1 aromatic rings. The van der Waals surface area contributed by atoms with Crippen molar-refractivity contribution in [1.82, 2.24) is 0 Å². The summed E-state index contributed by atoms with van der Waals surface area (Å²) in [6, 6.07) is 10.0. The maximum atomic E-state index is 12.5. The molecule has 0 amide bonds. The standard InChI is InChI=1S/C22H34O3/c1-3-5-6-10-17-24-20-15-13-19(14-16-20)22(23)25-21(4-2)18-11-8-7-9-12-18/h7-9,11-12,19-21H,3-6,10,13-17H2,1-2H3. The van der Waals surface area contributed by atoms with Gasteiger partial charge in [-0.3, -0.25) is 4.79 Å². The smallest absolute Gasteiger partial charge is 0.309 e. The van der Waals surface area contributed by atoms with E-state index in [9.17, 15) is 4.79 Å². The number of ether oxygens (including phenoxy) is 2. The molecule has 1 aliphatic carbocycles. The molecule has 1 aliphatic rings. The molecule has 0 spiro atoms. The summed E-state index contributed by atoms with van der Waals surface area (Å²) in [6.07, 6.45) is 9.74. The molecular weight excluding hydrogens is 312 g/mol. The van der Waals surface area contributed by atoms with Crippen molar-refractivity contribution in [3.05, 3.63) is 35.9 Å². The molecule has 1 saturated carbocycles. The monoisotopic (exact) mass is 346 g/mol. The summed E-state index contributed by atoms with van der Waals surface area (Å²) in [4.78, 5) is 12.5. The number of benzene rings is 1. The molecule has 2 rings (SSSR count). The lowest BCUT2D eigenvalue weighted by molar-refractivity contribution is -0.156. The van der Waals surface area contributed by atoms with Gasteiger partial charge in [-0.05, 0) is 44.1 Å². The van der Waals surface area contributed by atoms with Crippen molar-refractivity contribution in [2.45, 2.75) is 83.8 Å². The third-order valence-electron chi connectivity index (χ3n) is 5.16. The Morgan fingerprint density at radius 3 is 2.40 bits per heavy atom. The predicted octanol–water partition coefficient (Wildman–Crippen LogP) is 5.84. The van der Waals surface area contributed by atoms with Crippen LogP contribution in [0.5, 0.6) is 0 Å². The zero-order valence-electron chi connectivity index (χ0n) is 15.9. The lowest BCUT2D eigenvalue weighted by Gasteiger charge is -2.28. The first kappa shape index (κ1) is 20.0. The normalized spacial score (nSPS) is 21.7. The molecule has 3 nitrogen and oxygen atoms in total. The summed E-state index contributed by atoms with van der Waals surface area (Å²) in [5.74, 6) is 0.00908. The Bertz CT molecular complexity index is 477. The van der Waals surface area contributed by atoms with Gasteiger partial charge in [-0.1, -0.05) is 63.4 Å². The van der Waals surface area contributed by atoms with Gasteiger partial charge in [0.2, 0.25) is 0 Å². The van der Waals surface area contributed by atoms with Crippen LogP contribution in [0.1, 0.15) is 83.3 Å². The van der Waals surface area contributed by atoms with Gasteiger partial charge in [-0.25, -0.2) is 0 Å². The van der Waals surface area contributed by atoms with Crippen LogP contribution >= 0.6 is 0 Å². The average molecular weight is 347 g/mol. The number of rotatable bonds is 10. The van der Waals surface area contributed by atoms with E-state index < -0.39 is 0 Å². The summed E-state index contributed by atoms with van der Waals surface area (Å²) in [5.41, 5.74) is 1.09. The van der Waals surface area contributed by atoms with Gasteiger partial charge in [-0.15, -0.1) is 0 Å². The fourth-order valence-electron chi connectivity index (χ4n) is 3.54. The van der Waals surface area contributed by atoms with Gasteiger partial charge >= 0.3 is 5.97 Å². The molecule has 0 aliphatic heterocycles. The van der Waals surface area contributed by atoms with E-state index in [1.165, 1.54) is 19.3 Å². The van der Waals surface area contributed by atoms with E-state index in [4.69, 9.17) is 9.47 Å². The van der Waals surface area contributed by atoms with Gasteiger partial charge in [0.15, 0.2) is 0 Å². The Hall–Kier alpha value is -1.35. The Morgan fingerprint density at radius 2 is 1.76 bits per heavy atom. The van der Waals surface area contributed by atoms with E-state index in [0.29, 0.717) is 6.10 Å². The summed E-state index contributed by atoms with van der Waals surface area (Å²) < 4.78 is 11.8. The zero-order valence-corrected chi connectivity index (χ0v) is 15.9. The number of esters is 1. The number of hydrogen-bond donors (Lipinski definition) is 0. The second kappa shape index (κ2) is 11.3. The lowest BCUT2D eigenvalue weighted by atomic mass is 9.87. The molecule has 140 valence electrons. The van der Waals surface area contributed by atoms with Crippen molar-refractivity contribution in [2.75, 3.05) is 6.61 Å². The molecule has 0 bridgehead atoms. The van der Waals surface area contributed by atoms with Crippen LogP contribution in [0, 0.1) is 5.92 Å². The molecule has 1 aromatic carbocycles. The Labute approximate surface area is 153 Å². The van der Waals surface area contributed by atoms with Crippen LogP contribution in [-0.4, -0.2) is 18.7 Å². The number of hydrogen-bond acceptors (Lipinski definition) is 3. The average Bonchev–Trinajstić information content (AvgIpc) is 2.67. The first-order chi connectivity index (χ1) is 12.2. The van der Waals surface area contributed by atoms with Crippen LogP contribution in [0.4, 0.5) is 0 Å². The molecule has 25 heavy (non-hydrogen) atoms. The lowest BCUT2D eigenvalue weighted by Crippen LogP contribution is -2.28. The van der Waals surface area contributed by atoms with Crippen molar-refractivity contribution in [2.24, 2.45) is 5.92 Å². The minimum Gasteiger partial charge on any atom is -0.457 e. The highest BCUT2D eigenvalue weighted by Gasteiger charge is 2.29. The van der Waals surface area contributed by atoms with Crippen LogP contribution in [-0.2, 0) is 14.3 Å². The van der Waals surface area contributed by atoms with Crippen molar-refractivity contribution in [3.63, 3.8) is 0 Å². The minimum atomic E-state index is -0.124. The SMILES string of the molecule is CCCCCCOC1CCC(C(=O)OC(CC)c2ccccc2)CC1. The van der Waals surface area contributed by atoms with Gasteiger partial charge in [0.1, 0.15) is 6.10 Å². The molecule has 0 saturated heterocycles. The van der Waals surface area contributed by atoms with E-state index >= 15 is 0 Å². The topological polar surface area (TPSA) is 35.5 Å². The van der Waals surface area contributed by atoms with Crippen molar-refractivity contribution >= 4 is 5.97 Å². The molecule has 0 heterocycles. The zero-order chi connectivity index (χ0) is 17.9. The van der Waals surface area contributed by atoms with E-state index in [1.807, 2.05) is 30.3 Å². The molecule has 0 aromatic heterocycles. The van der Waals surface area contributed by atoms with E-state index in [2.05, 4.69) is 13.8 Å². The van der Waals surface area contributed by atoms with Gasteiger partial charge < -0.3 is 9.47 Å². The van der Waals surface area contributed by atoms with Gasteiger partial charge in [0.05, 0.1) is 12.0 Å². The maximum absolute atomic E-state index is 12.5. The Kier molecular flexibility index (Phi) is 9.03. The molecule has 3 heteroatoms. The molecule has 1 atom stereocenters. The second-order valence-corrected chi connectivity index (χ2v) is 7.15. The van der Waals surface area contributed by atoms with E-state index in [1.54, 1.807) is 0 Å². The fourth-order valence-corrected chi connectivity index (χ4v) is 3.54. The van der Waals surface area contributed by atoms with Crippen molar-refractivity contribution < 1.29 is 14.3 Å². The molecule has 0 N–H and O–H groups in total. The predicted molar refractivity (Wildman–Crippen MR) is 101 cm³/mol. The first-order valence-electron chi connectivity index (χ1n) is 10.1. The quantitative estimate of drug-likeness (QED) is 0.394. The third kappa shape index (κ3) is 6.81. The molecule has 1 unspecified atom stereocenters. The van der Waals surface area contributed by atoms with E-state index in [0.717, 1.165) is 50.7 Å².